The Kier molecular flexibility index (Phi) is 7.18. The van der Waals surface area contributed by atoms with Gasteiger partial charge in [-0.15, -0.1) is 0 Å². The zero-order chi connectivity index (χ0) is 21.8. The summed E-state index contributed by atoms with van der Waals surface area (Å²) >= 11 is 0. The quantitative estimate of drug-likeness (QED) is 0.498. The van der Waals surface area contributed by atoms with Gasteiger partial charge in [0.05, 0.1) is 22.6 Å². The summed E-state index contributed by atoms with van der Waals surface area (Å²) in [5.74, 6) is -0.0423. The Hall–Kier alpha value is -1.94. The highest BCUT2D eigenvalue weighted by molar-refractivity contribution is 7.89. The van der Waals surface area contributed by atoms with E-state index in [2.05, 4.69) is 5.16 Å². The normalized spacial score (nSPS) is 19.5. The SMILES string of the molecule is O=C(CC1CCCCC1)ON=C1CCN(S(=O)(=O)c2cccc(C(F)(F)F)c2)CC1. The molecule has 6 nitrogen and oxygen atoms in total. The number of hydrogen-bond donors (Lipinski definition) is 0. The molecule has 30 heavy (non-hydrogen) atoms. The highest BCUT2D eigenvalue weighted by atomic mass is 32.2. The van der Waals surface area contributed by atoms with Crippen LogP contribution in [0, 0.1) is 5.92 Å². The molecule has 1 saturated carbocycles. The molecule has 0 atom stereocenters. The van der Waals surface area contributed by atoms with E-state index < -0.39 is 26.7 Å². The molecule has 2 fully saturated rings. The lowest BCUT2D eigenvalue weighted by Gasteiger charge is -2.27. The Bertz CT molecular complexity index is 884. The number of benzene rings is 1. The van der Waals surface area contributed by atoms with Crippen molar-refractivity contribution >= 4 is 21.7 Å². The Morgan fingerprint density at radius 2 is 1.80 bits per heavy atom. The largest absolute Gasteiger partial charge is 0.416 e. The molecule has 1 aromatic carbocycles. The van der Waals surface area contributed by atoms with Gasteiger partial charge in [0.2, 0.25) is 10.0 Å². The first-order valence-corrected chi connectivity index (χ1v) is 11.5. The molecule has 0 amide bonds. The number of carbonyl (C=O) groups is 1. The van der Waals surface area contributed by atoms with Crippen LogP contribution in [0.1, 0.15) is 56.9 Å². The molecular formula is C20H25F3N2O4S. The average Bonchev–Trinajstić information content (AvgIpc) is 2.73. The Morgan fingerprint density at radius 3 is 2.43 bits per heavy atom. The van der Waals surface area contributed by atoms with Gasteiger partial charge in [0.1, 0.15) is 0 Å². The van der Waals surface area contributed by atoms with Crippen LogP contribution in [0.4, 0.5) is 13.2 Å². The van der Waals surface area contributed by atoms with E-state index in [9.17, 15) is 26.4 Å². The monoisotopic (exact) mass is 446 g/mol. The van der Waals surface area contributed by atoms with Gasteiger partial charge in [0.25, 0.3) is 0 Å². The maximum Gasteiger partial charge on any atom is 0.416 e. The minimum Gasteiger partial charge on any atom is -0.318 e. The highest BCUT2D eigenvalue weighted by Crippen LogP contribution is 2.31. The van der Waals surface area contributed by atoms with Gasteiger partial charge in [-0.25, -0.2) is 13.2 Å². The molecule has 1 aromatic rings. The predicted molar refractivity (Wildman–Crippen MR) is 104 cm³/mol. The van der Waals surface area contributed by atoms with E-state index in [1.165, 1.54) is 6.42 Å². The summed E-state index contributed by atoms with van der Waals surface area (Å²) in [5, 5.41) is 3.88. The third kappa shape index (κ3) is 5.81. The number of oxime groups is 1. The molecular weight excluding hydrogens is 421 g/mol. The molecule has 0 bridgehead atoms. The molecule has 0 spiro atoms. The van der Waals surface area contributed by atoms with E-state index in [-0.39, 0.29) is 31.9 Å². The van der Waals surface area contributed by atoms with Gasteiger partial charge >= 0.3 is 12.1 Å². The number of nitrogens with zero attached hydrogens (tertiary/aromatic N) is 2. The second-order valence-corrected chi connectivity index (χ2v) is 9.70. The van der Waals surface area contributed by atoms with Gasteiger partial charge in [0.15, 0.2) is 0 Å². The van der Waals surface area contributed by atoms with Crippen molar-refractivity contribution in [2.45, 2.75) is 62.4 Å². The zero-order valence-corrected chi connectivity index (χ0v) is 17.3. The molecule has 1 heterocycles. The molecule has 0 unspecified atom stereocenters. The Balaban J connectivity index is 1.55. The first kappa shape index (κ1) is 22.7. The van der Waals surface area contributed by atoms with Crippen LogP contribution in [0.15, 0.2) is 34.3 Å². The first-order valence-electron chi connectivity index (χ1n) is 10.1. The fourth-order valence-electron chi connectivity index (χ4n) is 3.84. The van der Waals surface area contributed by atoms with Crippen LogP contribution in [0.25, 0.3) is 0 Å². The summed E-state index contributed by atoms with van der Waals surface area (Å²) in [4.78, 5) is 16.6. The fourth-order valence-corrected chi connectivity index (χ4v) is 5.33. The van der Waals surface area contributed by atoms with Crippen LogP contribution < -0.4 is 0 Å². The van der Waals surface area contributed by atoms with E-state index in [1.807, 2.05) is 0 Å². The van der Waals surface area contributed by atoms with Crippen LogP contribution in [-0.4, -0.2) is 37.5 Å². The molecule has 166 valence electrons. The lowest BCUT2D eigenvalue weighted by Crippen LogP contribution is -2.38. The average molecular weight is 446 g/mol. The van der Waals surface area contributed by atoms with Crippen molar-refractivity contribution in [2.75, 3.05) is 13.1 Å². The number of rotatable bonds is 5. The number of hydrogen-bond acceptors (Lipinski definition) is 5. The number of piperidine rings is 1. The number of sulfonamides is 1. The van der Waals surface area contributed by atoms with Crippen molar-refractivity contribution in [3.05, 3.63) is 29.8 Å². The molecule has 1 aliphatic heterocycles. The number of carbonyl (C=O) groups excluding carboxylic acids is 1. The Morgan fingerprint density at radius 1 is 1.13 bits per heavy atom. The van der Waals surface area contributed by atoms with Crippen molar-refractivity contribution < 1.29 is 31.2 Å². The fraction of sp³-hybridized carbons (Fsp3) is 0.600. The van der Waals surface area contributed by atoms with E-state index in [4.69, 9.17) is 4.84 Å². The van der Waals surface area contributed by atoms with E-state index in [1.54, 1.807) is 0 Å². The van der Waals surface area contributed by atoms with Crippen LogP contribution >= 0.6 is 0 Å². The molecule has 0 N–H and O–H groups in total. The maximum absolute atomic E-state index is 12.9. The predicted octanol–water partition coefficient (Wildman–Crippen LogP) is 4.36. The Labute approximate surface area is 174 Å². The first-order chi connectivity index (χ1) is 14.2. The van der Waals surface area contributed by atoms with Gasteiger partial charge in [0, 0.05) is 25.9 Å². The molecule has 3 rings (SSSR count). The molecule has 0 radical (unpaired) electrons. The van der Waals surface area contributed by atoms with Gasteiger partial charge < -0.3 is 4.84 Å². The van der Waals surface area contributed by atoms with Crippen LogP contribution in [0.2, 0.25) is 0 Å². The van der Waals surface area contributed by atoms with Crippen molar-refractivity contribution in [1.29, 1.82) is 0 Å². The van der Waals surface area contributed by atoms with Gasteiger partial charge in [-0.1, -0.05) is 30.5 Å². The summed E-state index contributed by atoms with van der Waals surface area (Å²) in [5.41, 5.74) is -0.435. The van der Waals surface area contributed by atoms with Crippen LogP contribution in [-0.2, 0) is 25.8 Å². The van der Waals surface area contributed by atoms with Crippen molar-refractivity contribution in [1.82, 2.24) is 4.31 Å². The zero-order valence-electron chi connectivity index (χ0n) is 16.5. The topological polar surface area (TPSA) is 76.0 Å². The van der Waals surface area contributed by atoms with E-state index in [0.717, 1.165) is 48.2 Å². The minimum absolute atomic E-state index is 0.0671. The molecule has 0 aromatic heterocycles. The van der Waals surface area contributed by atoms with Crippen molar-refractivity contribution in [3.8, 4) is 0 Å². The summed E-state index contributed by atoms with van der Waals surface area (Å²) in [7, 11) is -4.05. The summed E-state index contributed by atoms with van der Waals surface area (Å²) in [6.07, 6.45) is 1.74. The van der Waals surface area contributed by atoms with Crippen molar-refractivity contribution in [3.63, 3.8) is 0 Å². The second kappa shape index (κ2) is 9.47. The van der Waals surface area contributed by atoms with Crippen LogP contribution in [0.5, 0.6) is 0 Å². The van der Waals surface area contributed by atoms with Crippen LogP contribution in [0.3, 0.4) is 0 Å². The molecule has 1 saturated heterocycles. The van der Waals surface area contributed by atoms with Crippen molar-refractivity contribution in [2.24, 2.45) is 11.1 Å². The molecule has 1 aliphatic carbocycles. The lowest BCUT2D eigenvalue weighted by molar-refractivity contribution is -0.145. The molecule has 10 heteroatoms. The summed E-state index contributed by atoms with van der Waals surface area (Å²) < 4.78 is 65.2. The van der Waals surface area contributed by atoms with Gasteiger partial charge in [-0.05, 0) is 37.0 Å². The number of alkyl halides is 3. The van der Waals surface area contributed by atoms with E-state index >= 15 is 0 Å². The standard InChI is InChI=1S/C20H25F3N2O4S/c21-20(22,23)16-7-4-8-18(14-16)30(27,28)25-11-9-17(10-12-25)24-29-19(26)13-15-5-2-1-3-6-15/h4,7-8,14-15H,1-3,5-6,9-13H2. The maximum atomic E-state index is 12.9. The minimum atomic E-state index is -4.62. The lowest BCUT2D eigenvalue weighted by atomic mass is 9.87. The summed E-state index contributed by atoms with van der Waals surface area (Å²) in [6, 6.07) is 3.72. The summed E-state index contributed by atoms with van der Waals surface area (Å²) in [6.45, 7) is 0.134. The third-order valence-electron chi connectivity index (χ3n) is 5.56. The third-order valence-corrected chi connectivity index (χ3v) is 7.45. The van der Waals surface area contributed by atoms with Gasteiger partial charge in [-0.3, -0.25) is 0 Å². The molecule has 2 aliphatic rings. The van der Waals surface area contributed by atoms with Gasteiger partial charge in [-0.2, -0.15) is 17.5 Å². The highest BCUT2D eigenvalue weighted by Gasteiger charge is 2.34. The smallest absolute Gasteiger partial charge is 0.318 e. The second-order valence-electron chi connectivity index (χ2n) is 7.76. The number of halogens is 3. The van der Waals surface area contributed by atoms with E-state index in [0.29, 0.717) is 24.1 Å².